The van der Waals surface area contributed by atoms with Crippen LogP contribution >= 0.6 is 27.3 Å². The summed E-state index contributed by atoms with van der Waals surface area (Å²) in [5.41, 5.74) is 0. The molecule has 0 bridgehead atoms. The summed E-state index contributed by atoms with van der Waals surface area (Å²) in [6.45, 7) is 5.41. The fourth-order valence-electron chi connectivity index (χ4n) is 1.72. The normalized spacial score (nSPS) is 12.8. The zero-order valence-corrected chi connectivity index (χ0v) is 13.6. The van der Waals surface area contributed by atoms with Crippen LogP contribution in [0, 0.1) is 0 Å². The molecule has 0 saturated heterocycles. The van der Waals surface area contributed by atoms with Crippen LogP contribution in [0.5, 0.6) is 0 Å². The van der Waals surface area contributed by atoms with Crippen LogP contribution in [-0.2, 0) is 6.42 Å². The van der Waals surface area contributed by atoms with Gasteiger partial charge in [-0.3, -0.25) is 0 Å². The molecule has 2 heterocycles. The van der Waals surface area contributed by atoms with Crippen molar-refractivity contribution in [3.63, 3.8) is 0 Å². The van der Waals surface area contributed by atoms with E-state index in [1.807, 2.05) is 12.1 Å². The monoisotopic (exact) mass is 343 g/mol. The Bertz CT molecular complexity index is 511. The molecule has 0 aliphatic carbocycles. The minimum Gasteiger partial charge on any atom is -0.339 e. The summed E-state index contributed by atoms with van der Waals surface area (Å²) in [6.07, 6.45) is 2.98. The quantitative estimate of drug-likeness (QED) is 0.828. The van der Waals surface area contributed by atoms with E-state index in [-0.39, 0.29) is 0 Å². The summed E-state index contributed by atoms with van der Waals surface area (Å²) in [4.78, 5) is 5.46. The van der Waals surface area contributed by atoms with Crippen LogP contribution in [0.1, 0.15) is 32.6 Å². The van der Waals surface area contributed by atoms with Crippen LogP contribution in [0.2, 0.25) is 0 Å². The third kappa shape index (κ3) is 4.40. The van der Waals surface area contributed by atoms with Gasteiger partial charge >= 0.3 is 0 Å². The molecule has 4 nitrogen and oxygen atoms in total. The fourth-order valence-corrected chi connectivity index (χ4v) is 3.04. The van der Waals surface area contributed by atoms with Crippen molar-refractivity contribution >= 4 is 27.3 Å². The minimum atomic E-state index is 0.478. The summed E-state index contributed by atoms with van der Waals surface area (Å²) in [5.74, 6) is 1.39. The van der Waals surface area contributed by atoms with Gasteiger partial charge in [0.05, 0.1) is 8.66 Å². The van der Waals surface area contributed by atoms with E-state index in [1.165, 1.54) is 0 Å². The molecule has 0 aliphatic rings. The van der Waals surface area contributed by atoms with Gasteiger partial charge < -0.3 is 9.84 Å². The molecule has 1 N–H and O–H groups in total. The summed E-state index contributed by atoms with van der Waals surface area (Å²) in [5, 5.41) is 7.47. The highest BCUT2D eigenvalue weighted by atomic mass is 79.9. The van der Waals surface area contributed by atoms with Gasteiger partial charge in [-0.25, -0.2) is 0 Å². The van der Waals surface area contributed by atoms with E-state index in [4.69, 9.17) is 4.52 Å². The molecule has 1 atom stereocenters. The predicted molar refractivity (Wildman–Crippen MR) is 81.4 cm³/mol. The second-order valence-corrected chi connectivity index (χ2v) is 6.97. The lowest BCUT2D eigenvalue weighted by Crippen LogP contribution is -2.27. The summed E-state index contributed by atoms with van der Waals surface area (Å²) >= 11 is 5.04. The standard InChI is InChI=1S/C13H18BrN3OS/c1-3-8-15-9(2)4-7-12-16-13(17-18-12)10-5-6-11(14)19-10/h5-6,9,15H,3-4,7-8H2,1-2H3. The van der Waals surface area contributed by atoms with Gasteiger partial charge in [-0.2, -0.15) is 4.98 Å². The van der Waals surface area contributed by atoms with Gasteiger partial charge in [-0.1, -0.05) is 12.1 Å². The number of nitrogens with one attached hydrogen (secondary N) is 1. The summed E-state index contributed by atoms with van der Waals surface area (Å²) < 4.78 is 6.36. The van der Waals surface area contributed by atoms with E-state index in [9.17, 15) is 0 Å². The molecule has 0 aliphatic heterocycles. The third-order valence-corrected chi connectivity index (χ3v) is 4.42. The number of halogens is 1. The number of aryl methyl sites for hydroxylation is 1. The smallest absolute Gasteiger partial charge is 0.227 e. The SMILES string of the molecule is CCCNC(C)CCc1nc(-c2ccc(Br)s2)no1. The molecular formula is C13H18BrN3OS. The first-order valence-corrected chi connectivity index (χ1v) is 8.11. The highest BCUT2D eigenvalue weighted by Crippen LogP contribution is 2.29. The van der Waals surface area contributed by atoms with E-state index >= 15 is 0 Å². The maximum atomic E-state index is 5.29. The topological polar surface area (TPSA) is 51.0 Å². The second-order valence-electron chi connectivity index (χ2n) is 4.51. The Morgan fingerprint density at radius 1 is 1.47 bits per heavy atom. The number of hydrogen-bond acceptors (Lipinski definition) is 5. The Hall–Kier alpha value is -0.720. The van der Waals surface area contributed by atoms with Gasteiger partial charge in [0.25, 0.3) is 0 Å². The Kier molecular flexibility index (Phi) is 5.54. The Morgan fingerprint density at radius 2 is 2.32 bits per heavy atom. The van der Waals surface area contributed by atoms with Gasteiger partial charge in [-0.15, -0.1) is 11.3 Å². The van der Waals surface area contributed by atoms with Crippen molar-refractivity contribution in [3.05, 3.63) is 21.8 Å². The molecule has 2 aromatic rings. The van der Waals surface area contributed by atoms with Crippen molar-refractivity contribution in [3.8, 4) is 10.7 Å². The van der Waals surface area contributed by atoms with Gasteiger partial charge in [0.1, 0.15) is 0 Å². The van der Waals surface area contributed by atoms with Crippen molar-refractivity contribution in [2.24, 2.45) is 0 Å². The van der Waals surface area contributed by atoms with Crippen molar-refractivity contribution in [2.45, 2.75) is 39.2 Å². The molecule has 0 aromatic carbocycles. The molecule has 0 spiro atoms. The fraction of sp³-hybridized carbons (Fsp3) is 0.538. The maximum Gasteiger partial charge on any atom is 0.227 e. The lowest BCUT2D eigenvalue weighted by molar-refractivity contribution is 0.367. The van der Waals surface area contributed by atoms with E-state index < -0.39 is 0 Å². The molecule has 0 saturated carbocycles. The van der Waals surface area contributed by atoms with Crippen molar-refractivity contribution < 1.29 is 4.52 Å². The third-order valence-electron chi connectivity index (χ3n) is 2.80. The molecule has 2 aromatic heterocycles. The first-order valence-electron chi connectivity index (χ1n) is 6.50. The lowest BCUT2D eigenvalue weighted by Gasteiger charge is -2.10. The molecule has 104 valence electrons. The maximum absolute atomic E-state index is 5.29. The van der Waals surface area contributed by atoms with Crippen LogP contribution in [0.15, 0.2) is 20.4 Å². The number of hydrogen-bond donors (Lipinski definition) is 1. The minimum absolute atomic E-state index is 0.478. The van der Waals surface area contributed by atoms with Gasteiger partial charge in [-0.05, 0) is 54.4 Å². The molecular weight excluding hydrogens is 326 g/mol. The summed E-state index contributed by atoms with van der Waals surface area (Å²) in [7, 11) is 0. The average molecular weight is 344 g/mol. The highest BCUT2D eigenvalue weighted by molar-refractivity contribution is 9.11. The molecule has 19 heavy (non-hydrogen) atoms. The van der Waals surface area contributed by atoms with Crippen molar-refractivity contribution in [1.29, 1.82) is 0 Å². The average Bonchev–Trinajstić information content (AvgIpc) is 3.02. The number of aromatic nitrogens is 2. The zero-order valence-electron chi connectivity index (χ0n) is 11.1. The van der Waals surface area contributed by atoms with Crippen LogP contribution in [0.4, 0.5) is 0 Å². The Morgan fingerprint density at radius 3 is 3.00 bits per heavy atom. The molecule has 2 rings (SSSR count). The molecule has 6 heteroatoms. The van der Waals surface area contributed by atoms with Gasteiger partial charge in [0.2, 0.25) is 11.7 Å². The highest BCUT2D eigenvalue weighted by Gasteiger charge is 2.11. The molecule has 0 fully saturated rings. The van der Waals surface area contributed by atoms with Crippen molar-refractivity contribution in [2.75, 3.05) is 6.54 Å². The largest absolute Gasteiger partial charge is 0.339 e. The number of nitrogens with zero attached hydrogens (tertiary/aromatic N) is 2. The first-order chi connectivity index (χ1) is 9.19. The predicted octanol–water partition coefficient (Wildman–Crippen LogP) is 3.88. The number of thiophene rings is 1. The van der Waals surface area contributed by atoms with E-state index in [1.54, 1.807) is 11.3 Å². The van der Waals surface area contributed by atoms with E-state index in [0.717, 1.165) is 34.5 Å². The second kappa shape index (κ2) is 7.17. The van der Waals surface area contributed by atoms with Crippen LogP contribution in [0.3, 0.4) is 0 Å². The first kappa shape index (κ1) is 14.7. The number of rotatable bonds is 7. The van der Waals surface area contributed by atoms with Crippen LogP contribution in [-0.4, -0.2) is 22.7 Å². The van der Waals surface area contributed by atoms with Crippen LogP contribution < -0.4 is 5.32 Å². The van der Waals surface area contributed by atoms with E-state index in [0.29, 0.717) is 17.8 Å². The lowest BCUT2D eigenvalue weighted by atomic mass is 10.2. The van der Waals surface area contributed by atoms with E-state index in [2.05, 4.69) is 45.2 Å². The van der Waals surface area contributed by atoms with Crippen molar-refractivity contribution in [1.82, 2.24) is 15.5 Å². The van der Waals surface area contributed by atoms with Gasteiger partial charge in [0, 0.05) is 12.5 Å². The zero-order chi connectivity index (χ0) is 13.7. The molecule has 1 unspecified atom stereocenters. The van der Waals surface area contributed by atoms with Crippen LogP contribution in [0.25, 0.3) is 10.7 Å². The molecule has 0 amide bonds. The summed E-state index contributed by atoms with van der Waals surface area (Å²) in [6, 6.07) is 4.47. The molecule has 0 radical (unpaired) electrons. The Balaban J connectivity index is 1.87. The Labute approximate surface area is 125 Å². The van der Waals surface area contributed by atoms with Gasteiger partial charge in [0.15, 0.2) is 0 Å².